The van der Waals surface area contributed by atoms with Gasteiger partial charge in [0.1, 0.15) is 5.75 Å². The van der Waals surface area contributed by atoms with Crippen molar-refractivity contribution in [1.82, 2.24) is 0 Å². The van der Waals surface area contributed by atoms with Crippen molar-refractivity contribution in [2.75, 3.05) is 10.2 Å². The maximum Gasteiger partial charge on any atom is 0.416 e. The van der Waals surface area contributed by atoms with Gasteiger partial charge in [0, 0.05) is 11.3 Å². The number of carbonyl (C=O) groups is 2. The number of carbonyl (C=O) groups excluding carboxylic acids is 2. The number of halogens is 6. The third-order valence-corrected chi connectivity index (χ3v) is 5.74. The van der Waals surface area contributed by atoms with Crippen LogP contribution in [0.2, 0.25) is 0 Å². The molecule has 1 heterocycles. The smallest absolute Gasteiger partial charge is 0.416 e. The van der Waals surface area contributed by atoms with Crippen LogP contribution in [-0.2, 0) is 23.7 Å². The minimum atomic E-state index is -5.09. The van der Waals surface area contributed by atoms with E-state index < -0.39 is 41.1 Å². The lowest BCUT2D eigenvalue weighted by Gasteiger charge is -2.33. The summed E-state index contributed by atoms with van der Waals surface area (Å²) in [6.45, 7) is 3.67. The Morgan fingerprint density at radius 3 is 2.08 bits per heavy atom. The van der Waals surface area contributed by atoms with Gasteiger partial charge < -0.3 is 15.0 Å². The molecule has 1 atom stereocenters. The second-order valence-corrected chi connectivity index (χ2v) is 8.60. The molecule has 0 aromatic heterocycles. The molecule has 0 aliphatic carbocycles. The third kappa shape index (κ3) is 5.71. The SMILES string of the molecule is Cc1ccc(CN2C(=O)C(C)Oc3ccc(NC(=O)c4cc(C(F)(F)F)cc(C(F)(F)F)c4)cc32)cc1. The molecule has 37 heavy (non-hydrogen) atoms. The van der Waals surface area contributed by atoms with E-state index >= 15 is 0 Å². The minimum Gasteiger partial charge on any atom is -0.479 e. The average Bonchev–Trinajstić information content (AvgIpc) is 2.82. The standard InChI is InChI=1S/C26H20F6N2O3/c1-14-3-5-16(6-4-14)13-34-21-12-20(7-8-22(21)37-15(2)24(34)36)33-23(35)17-9-18(25(27,28)29)11-19(10-17)26(30,31)32/h3-12,15H,13H2,1-2H3,(H,33,35). The summed E-state index contributed by atoms with van der Waals surface area (Å²) in [5.74, 6) is -1.21. The van der Waals surface area contributed by atoms with Crippen LogP contribution in [0.4, 0.5) is 37.7 Å². The first-order chi connectivity index (χ1) is 17.2. The summed E-state index contributed by atoms with van der Waals surface area (Å²) in [7, 11) is 0. The van der Waals surface area contributed by atoms with Gasteiger partial charge in [-0.2, -0.15) is 26.3 Å². The van der Waals surface area contributed by atoms with Gasteiger partial charge in [-0.1, -0.05) is 29.8 Å². The Morgan fingerprint density at radius 2 is 1.51 bits per heavy atom. The molecule has 1 aliphatic heterocycles. The molecule has 0 radical (unpaired) electrons. The molecule has 5 nitrogen and oxygen atoms in total. The van der Waals surface area contributed by atoms with E-state index in [9.17, 15) is 35.9 Å². The Balaban J connectivity index is 1.66. The van der Waals surface area contributed by atoms with Crippen molar-refractivity contribution in [3.63, 3.8) is 0 Å². The highest BCUT2D eigenvalue weighted by Crippen LogP contribution is 2.39. The summed E-state index contributed by atoms with van der Waals surface area (Å²) in [4.78, 5) is 27.0. The lowest BCUT2D eigenvalue weighted by Crippen LogP contribution is -2.44. The molecule has 0 fully saturated rings. The van der Waals surface area contributed by atoms with E-state index in [2.05, 4.69) is 5.32 Å². The van der Waals surface area contributed by atoms with E-state index in [0.29, 0.717) is 23.6 Å². The van der Waals surface area contributed by atoms with Crippen molar-refractivity contribution < 1.29 is 40.7 Å². The molecule has 194 valence electrons. The van der Waals surface area contributed by atoms with Crippen molar-refractivity contribution in [1.29, 1.82) is 0 Å². The molecular weight excluding hydrogens is 502 g/mol. The Labute approximate surface area is 207 Å². The number of fused-ring (bicyclic) bond motifs is 1. The van der Waals surface area contributed by atoms with Crippen LogP contribution < -0.4 is 15.0 Å². The number of nitrogens with zero attached hydrogens (tertiary/aromatic N) is 1. The van der Waals surface area contributed by atoms with Gasteiger partial charge in [0.15, 0.2) is 6.10 Å². The van der Waals surface area contributed by atoms with Gasteiger partial charge in [0.05, 0.1) is 23.4 Å². The Morgan fingerprint density at radius 1 is 0.919 bits per heavy atom. The van der Waals surface area contributed by atoms with Crippen molar-refractivity contribution in [3.05, 3.63) is 88.5 Å². The fourth-order valence-corrected chi connectivity index (χ4v) is 3.81. The molecule has 11 heteroatoms. The highest BCUT2D eigenvalue weighted by atomic mass is 19.4. The van der Waals surface area contributed by atoms with Gasteiger partial charge in [-0.3, -0.25) is 9.59 Å². The Kier molecular flexibility index (Phi) is 6.66. The summed E-state index contributed by atoms with van der Waals surface area (Å²) in [5.41, 5.74) is -1.84. The molecule has 0 saturated carbocycles. The monoisotopic (exact) mass is 522 g/mol. The van der Waals surface area contributed by atoms with Crippen LogP contribution in [0, 0.1) is 6.92 Å². The van der Waals surface area contributed by atoms with Crippen LogP contribution in [0.1, 0.15) is 39.5 Å². The molecule has 1 unspecified atom stereocenters. The van der Waals surface area contributed by atoms with Crippen LogP contribution in [0.5, 0.6) is 5.75 Å². The Bertz CT molecular complexity index is 1320. The predicted octanol–water partition coefficient (Wildman–Crippen LogP) is 6.60. The quantitative estimate of drug-likeness (QED) is 0.393. The Hall–Kier alpha value is -4.02. The number of amides is 2. The second kappa shape index (κ2) is 9.45. The summed E-state index contributed by atoms with van der Waals surface area (Å²) in [5, 5.41) is 2.32. The molecule has 1 aliphatic rings. The summed E-state index contributed by atoms with van der Waals surface area (Å²) < 4.78 is 84.7. The molecule has 4 rings (SSSR count). The first-order valence-electron chi connectivity index (χ1n) is 11.0. The van der Waals surface area contributed by atoms with Crippen molar-refractivity contribution in [2.24, 2.45) is 0 Å². The van der Waals surface area contributed by atoms with E-state index in [1.165, 1.54) is 23.1 Å². The molecule has 0 saturated heterocycles. The zero-order chi connectivity index (χ0) is 27.1. The van der Waals surface area contributed by atoms with E-state index in [1.807, 2.05) is 31.2 Å². The van der Waals surface area contributed by atoms with Crippen molar-refractivity contribution in [2.45, 2.75) is 38.8 Å². The molecule has 1 N–H and O–H groups in total. The molecule has 2 amide bonds. The molecule has 0 spiro atoms. The highest BCUT2D eigenvalue weighted by molar-refractivity contribution is 6.06. The fraction of sp³-hybridized carbons (Fsp3) is 0.231. The van der Waals surface area contributed by atoms with Crippen molar-refractivity contribution in [3.8, 4) is 5.75 Å². The lowest BCUT2D eigenvalue weighted by molar-refractivity contribution is -0.143. The minimum absolute atomic E-state index is 0.0505. The summed E-state index contributed by atoms with van der Waals surface area (Å²) >= 11 is 0. The van der Waals surface area contributed by atoms with Gasteiger partial charge in [-0.15, -0.1) is 0 Å². The number of aryl methyl sites for hydroxylation is 1. The first-order valence-corrected chi connectivity index (χ1v) is 11.0. The van der Waals surface area contributed by atoms with E-state index in [0.717, 1.165) is 11.1 Å². The molecule has 3 aromatic carbocycles. The maximum atomic E-state index is 13.2. The number of rotatable bonds is 4. The van der Waals surface area contributed by atoms with Gasteiger partial charge >= 0.3 is 12.4 Å². The maximum absolute atomic E-state index is 13.2. The first kappa shape index (κ1) is 26.1. The van der Waals surface area contributed by atoms with Crippen molar-refractivity contribution >= 4 is 23.2 Å². The topological polar surface area (TPSA) is 58.6 Å². The van der Waals surface area contributed by atoms with E-state index in [4.69, 9.17) is 4.74 Å². The number of nitrogens with one attached hydrogen (secondary N) is 1. The fourth-order valence-electron chi connectivity index (χ4n) is 3.81. The van der Waals surface area contributed by atoms with Gasteiger partial charge in [0.25, 0.3) is 11.8 Å². The lowest BCUT2D eigenvalue weighted by atomic mass is 10.0. The largest absolute Gasteiger partial charge is 0.479 e. The van der Waals surface area contributed by atoms with Crippen LogP contribution in [0.15, 0.2) is 60.7 Å². The predicted molar refractivity (Wildman–Crippen MR) is 123 cm³/mol. The number of hydrogen-bond acceptors (Lipinski definition) is 3. The molecule has 3 aromatic rings. The zero-order valence-corrected chi connectivity index (χ0v) is 19.5. The van der Waals surface area contributed by atoms with Gasteiger partial charge in [0.2, 0.25) is 0 Å². The van der Waals surface area contributed by atoms with Crippen LogP contribution in [0.25, 0.3) is 0 Å². The van der Waals surface area contributed by atoms with Gasteiger partial charge in [-0.05, 0) is 55.8 Å². The third-order valence-electron chi connectivity index (χ3n) is 5.74. The summed E-state index contributed by atoms with van der Waals surface area (Å²) in [6.07, 6.45) is -11.0. The van der Waals surface area contributed by atoms with Gasteiger partial charge in [-0.25, -0.2) is 0 Å². The number of anilines is 2. The zero-order valence-electron chi connectivity index (χ0n) is 19.5. The summed E-state index contributed by atoms with van der Waals surface area (Å²) in [6, 6.07) is 12.3. The number of hydrogen-bond donors (Lipinski definition) is 1. The normalized spacial score (nSPS) is 15.7. The number of benzene rings is 3. The van der Waals surface area contributed by atoms with Crippen LogP contribution in [0.3, 0.4) is 0 Å². The number of ether oxygens (including phenoxy) is 1. The van der Waals surface area contributed by atoms with E-state index in [-0.39, 0.29) is 24.2 Å². The molecule has 0 bridgehead atoms. The molecular formula is C26H20F6N2O3. The van der Waals surface area contributed by atoms with E-state index in [1.54, 1.807) is 6.92 Å². The van der Waals surface area contributed by atoms with Crippen LogP contribution >= 0.6 is 0 Å². The average molecular weight is 522 g/mol. The van der Waals surface area contributed by atoms with Crippen LogP contribution in [-0.4, -0.2) is 17.9 Å². The second-order valence-electron chi connectivity index (χ2n) is 8.60. The number of alkyl halides is 6. The highest BCUT2D eigenvalue weighted by Gasteiger charge is 2.38.